The number of halogens is 2. The third-order valence-electron chi connectivity index (χ3n) is 3.93. The smallest absolute Gasteiger partial charge is 0.246 e. The highest BCUT2D eigenvalue weighted by Gasteiger charge is 2.13. The third-order valence-corrected chi connectivity index (χ3v) is 4.50. The minimum atomic E-state index is -0.227. The molecule has 3 aromatic rings. The maximum absolute atomic E-state index is 12.3. The van der Waals surface area contributed by atoms with E-state index in [1.54, 1.807) is 38.4 Å². The summed E-state index contributed by atoms with van der Waals surface area (Å²) in [6.07, 6.45) is 3.06. The third kappa shape index (κ3) is 4.91. The van der Waals surface area contributed by atoms with Crippen molar-refractivity contribution in [2.45, 2.75) is 6.54 Å². The summed E-state index contributed by atoms with van der Waals surface area (Å²) in [6.45, 7) is 0.181. The Bertz CT molecular complexity index is 1000. The summed E-state index contributed by atoms with van der Waals surface area (Å²) < 4.78 is 10.4. The van der Waals surface area contributed by atoms with Gasteiger partial charge in [0, 0.05) is 28.7 Å². The van der Waals surface area contributed by atoms with Gasteiger partial charge in [-0.05, 0) is 48.0 Å². The van der Waals surface area contributed by atoms with E-state index in [0.717, 1.165) is 11.3 Å². The first-order valence-corrected chi connectivity index (χ1v) is 9.07. The summed E-state index contributed by atoms with van der Waals surface area (Å²) >= 11 is 12.0. The van der Waals surface area contributed by atoms with Gasteiger partial charge in [0.15, 0.2) is 0 Å². The van der Waals surface area contributed by atoms with Crippen LogP contribution in [0, 0.1) is 0 Å². The Labute approximate surface area is 172 Å². The quantitative estimate of drug-likeness (QED) is 0.542. The summed E-state index contributed by atoms with van der Waals surface area (Å²) in [7, 11) is 3.25. The van der Waals surface area contributed by atoms with Crippen LogP contribution in [0.1, 0.15) is 11.5 Å². The van der Waals surface area contributed by atoms with E-state index in [9.17, 15) is 4.79 Å². The molecule has 0 unspecified atom stereocenters. The van der Waals surface area contributed by atoms with Crippen molar-refractivity contribution in [2.75, 3.05) is 14.2 Å². The van der Waals surface area contributed by atoms with E-state index in [0.29, 0.717) is 27.3 Å². The molecule has 1 heterocycles. The van der Waals surface area contributed by atoms with Crippen LogP contribution in [-0.4, -0.2) is 35.1 Å². The average Bonchev–Trinajstić information content (AvgIpc) is 3.15. The number of nitrogens with zero attached hydrogens (tertiary/aromatic N) is 3. The number of amides is 1. The molecule has 144 valence electrons. The van der Waals surface area contributed by atoms with Crippen LogP contribution in [0.5, 0.6) is 5.75 Å². The number of carbonyl (C=O) groups excluding carboxylic acids is 1. The first kappa shape index (κ1) is 19.9. The largest absolute Gasteiger partial charge is 0.497 e. The minimum Gasteiger partial charge on any atom is -0.497 e. The fourth-order valence-electron chi connectivity index (χ4n) is 2.38. The van der Waals surface area contributed by atoms with E-state index in [1.165, 1.54) is 11.0 Å². The van der Waals surface area contributed by atoms with Gasteiger partial charge < -0.3 is 14.2 Å². The summed E-state index contributed by atoms with van der Waals surface area (Å²) in [6, 6.07) is 12.4. The van der Waals surface area contributed by atoms with E-state index in [2.05, 4.69) is 10.1 Å². The molecule has 0 saturated heterocycles. The molecule has 0 aliphatic rings. The SMILES string of the molecule is COc1ccc(-c2noc(CN(C)C(=O)/C=C/c3ccc(Cl)cc3Cl)n2)cc1. The van der Waals surface area contributed by atoms with Gasteiger partial charge in [0.05, 0.1) is 13.7 Å². The van der Waals surface area contributed by atoms with E-state index < -0.39 is 0 Å². The molecule has 0 spiro atoms. The van der Waals surface area contributed by atoms with Crippen molar-refractivity contribution < 1.29 is 14.1 Å². The Balaban J connectivity index is 1.64. The van der Waals surface area contributed by atoms with Crippen LogP contribution in [0.2, 0.25) is 10.0 Å². The summed E-state index contributed by atoms with van der Waals surface area (Å²) in [5.74, 6) is 1.29. The molecule has 6 nitrogen and oxygen atoms in total. The molecule has 3 rings (SSSR count). The lowest BCUT2D eigenvalue weighted by molar-refractivity contribution is -0.125. The molecule has 0 radical (unpaired) electrons. The maximum atomic E-state index is 12.3. The number of hydrogen-bond acceptors (Lipinski definition) is 5. The Morgan fingerprint density at radius 3 is 2.64 bits per heavy atom. The normalized spacial score (nSPS) is 11.0. The van der Waals surface area contributed by atoms with Gasteiger partial charge in [0.25, 0.3) is 0 Å². The highest BCUT2D eigenvalue weighted by molar-refractivity contribution is 6.35. The molecule has 0 N–H and O–H groups in total. The highest BCUT2D eigenvalue weighted by atomic mass is 35.5. The Morgan fingerprint density at radius 1 is 1.21 bits per heavy atom. The van der Waals surface area contributed by atoms with Crippen molar-refractivity contribution in [3.63, 3.8) is 0 Å². The van der Waals surface area contributed by atoms with Gasteiger partial charge in [-0.1, -0.05) is 34.4 Å². The van der Waals surface area contributed by atoms with Gasteiger partial charge in [-0.2, -0.15) is 4.98 Å². The van der Waals surface area contributed by atoms with Crippen LogP contribution < -0.4 is 4.74 Å². The standard InChI is InChI=1S/C20H17Cl2N3O3/c1-25(19(26)10-6-13-3-7-15(21)11-17(13)22)12-18-23-20(24-28-18)14-4-8-16(27-2)9-5-14/h3-11H,12H2,1-2H3/b10-6+. The number of hydrogen-bond donors (Lipinski definition) is 0. The van der Waals surface area contributed by atoms with Gasteiger partial charge in [-0.25, -0.2) is 0 Å². The molecular weight excluding hydrogens is 401 g/mol. The maximum Gasteiger partial charge on any atom is 0.246 e. The van der Waals surface area contributed by atoms with Gasteiger partial charge in [-0.15, -0.1) is 0 Å². The predicted octanol–water partition coefficient (Wildman–Crippen LogP) is 4.72. The number of likely N-dealkylation sites (N-methyl/N-ethyl adjacent to an activating group) is 1. The molecular formula is C20H17Cl2N3O3. The fraction of sp³-hybridized carbons (Fsp3) is 0.150. The molecule has 0 saturated carbocycles. The molecule has 2 aromatic carbocycles. The first-order chi connectivity index (χ1) is 13.5. The van der Waals surface area contributed by atoms with E-state index in [-0.39, 0.29) is 12.5 Å². The number of aromatic nitrogens is 2. The molecule has 0 bridgehead atoms. The Hall–Kier alpha value is -2.83. The topological polar surface area (TPSA) is 68.5 Å². The van der Waals surface area contributed by atoms with E-state index >= 15 is 0 Å². The Kier molecular flexibility index (Phi) is 6.34. The second kappa shape index (κ2) is 8.91. The van der Waals surface area contributed by atoms with Crippen molar-refractivity contribution in [1.29, 1.82) is 0 Å². The van der Waals surface area contributed by atoms with Crippen LogP contribution in [0.25, 0.3) is 17.5 Å². The van der Waals surface area contributed by atoms with Crippen LogP contribution >= 0.6 is 23.2 Å². The molecule has 28 heavy (non-hydrogen) atoms. The molecule has 0 atom stereocenters. The summed E-state index contributed by atoms with van der Waals surface area (Å²) in [5, 5.41) is 4.96. The monoisotopic (exact) mass is 417 g/mol. The number of benzene rings is 2. The molecule has 0 aliphatic carbocycles. The van der Waals surface area contributed by atoms with E-state index in [4.69, 9.17) is 32.5 Å². The lowest BCUT2D eigenvalue weighted by Gasteiger charge is -2.11. The van der Waals surface area contributed by atoms with Gasteiger partial charge in [0.2, 0.25) is 17.6 Å². The van der Waals surface area contributed by atoms with Gasteiger partial charge >= 0.3 is 0 Å². The second-order valence-electron chi connectivity index (χ2n) is 5.93. The molecule has 0 aliphatic heterocycles. The second-order valence-corrected chi connectivity index (χ2v) is 6.78. The number of methoxy groups -OCH3 is 1. The van der Waals surface area contributed by atoms with Crippen molar-refractivity contribution in [2.24, 2.45) is 0 Å². The van der Waals surface area contributed by atoms with Crippen LogP contribution in [0.15, 0.2) is 53.1 Å². The van der Waals surface area contributed by atoms with Crippen LogP contribution in [-0.2, 0) is 11.3 Å². The molecule has 0 fully saturated rings. The van der Waals surface area contributed by atoms with E-state index in [1.807, 2.05) is 24.3 Å². The fourth-order valence-corrected chi connectivity index (χ4v) is 2.85. The lowest BCUT2D eigenvalue weighted by Crippen LogP contribution is -2.24. The van der Waals surface area contributed by atoms with Crippen molar-refractivity contribution >= 4 is 35.2 Å². The average molecular weight is 418 g/mol. The van der Waals surface area contributed by atoms with Crippen molar-refractivity contribution in [3.05, 3.63) is 70.0 Å². The zero-order chi connectivity index (χ0) is 20.1. The lowest BCUT2D eigenvalue weighted by atomic mass is 10.2. The Morgan fingerprint density at radius 2 is 1.96 bits per heavy atom. The number of rotatable bonds is 6. The molecule has 8 heteroatoms. The summed E-state index contributed by atoms with van der Waals surface area (Å²) in [5.41, 5.74) is 1.49. The minimum absolute atomic E-state index is 0.181. The van der Waals surface area contributed by atoms with Crippen molar-refractivity contribution in [1.82, 2.24) is 15.0 Å². The first-order valence-electron chi connectivity index (χ1n) is 8.31. The zero-order valence-corrected chi connectivity index (χ0v) is 16.7. The predicted molar refractivity (Wildman–Crippen MR) is 108 cm³/mol. The molecule has 1 amide bonds. The number of ether oxygens (including phenoxy) is 1. The van der Waals surface area contributed by atoms with Crippen LogP contribution in [0.3, 0.4) is 0 Å². The zero-order valence-electron chi connectivity index (χ0n) is 15.2. The number of carbonyl (C=O) groups is 1. The molecule has 1 aromatic heterocycles. The van der Waals surface area contributed by atoms with Crippen molar-refractivity contribution in [3.8, 4) is 17.1 Å². The highest BCUT2D eigenvalue weighted by Crippen LogP contribution is 2.22. The summed E-state index contributed by atoms with van der Waals surface area (Å²) in [4.78, 5) is 18.1. The van der Waals surface area contributed by atoms with Gasteiger partial charge in [-0.3, -0.25) is 4.79 Å². The van der Waals surface area contributed by atoms with Crippen LogP contribution in [0.4, 0.5) is 0 Å². The van der Waals surface area contributed by atoms with Gasteiger partial charge in [0.1, 0.15) is 5.75 Å².